The van der Waals surface area contributed by atoms with Gasteiger partial charge < -0.3 is 14.7 Å². The Balaban J connectivity index is 1.74. The van der Waals surface area contributed by atoms with Gasteiger partial charge in [-0.2, -0.15) is 0 Å². The maximum Gasteiger partial charge on any atom is 0.253 e. The molecule has 0 aliphatic carbocycles. The summed E-state index contributed by atoms with van der Waals surface area (Å²) in [5, 5.41) is 0. The zero-order valence-corrected chi connectivity index (χ0v) is 16.6. The molecule has 6 heteroatoms. The second-order valence-electron chi connectivity index (χ2n) is 7.94. The highest BCUT2D eigenvalue weighted by Gasteiger charge is 2.47. The molecule has 6 nitrogen and oxygen atoms in total. The third-order valence-electron chi connectivity index (χ3n) is 5.64. The Morgan fingerprint density at radius 3 is 2.37 bits per heavy atom. The molecule has 2 fully saturated rings. The van der Waals surface area contributed by atoms with Crippen LogP contribution in [0.15, 0.2) is 24.3 Å². The van der Waals surface area contributed by atoms with Crippen LogP contribution >= 0.6 is 0 Å². The maximum absolute atomic E-state index is 12.9. The summed E-state index contributed by atoms with van der Waals surface area (Å²) in [6.07, 6.45) is 1.59. The molecule has 0 radical (unpaired) electrons. The molecule has 27 heavy (non-hydrogen) atoms. The molecule has 146 valence electrons. The van der Waals surface area contributed by atoms with Gasteiger partial charge in [0.2, 0.25) is 11.8 Å². The van der Waals surface area contributed by atoms with Gasteiger partial charge in [0, 0.05) is 25.7 Å². The van der Waals surface area contributed by atoms with Crippen molar-refractivity contribution in [1.29, 1.82) is 0 Å². The Bertz CT molecular complexity index is 729. The molecule has 0 unspecified atom stereocenters. The molecule has 1 aromatic carbocycles. The molecule has 2 heterocycles. The van der Waals surface area contributed by atoms with E-state index < -0.39 is 12.1 Å². The molecule has 2 aliphatic heterocycles. The van der Waals surface area contributed by atoms with E-state index in [2.05, 4.69) is 20.8 Å². The number of hydrogen-bond acceptors (Lipinski definition) is 3. The predicted molar refractivity (Wildman–Crippen MR) is 103 cm³/mol. The molecular weight excluding hydrogens is 342 g/mol. The fourth-order valence-electron chi connectivity index (χ4n) is 3.96. The molecule has 0 bridgehead atoms. The minimum atomic E-state index is -0.571. The van der Waals surface area contributed by atoms with Crippen molar-refractivity contribution in [2.45, 2.75) is 45.7 Å². The van der Waals surface area contributed by atoms with Crippen molar-refractivity contribution >= 4 is 17.7 Å². The number of piperazine rings is 2. The van der Waals surface area contributed by atoms with E-state index in [-0.39, 0.29) is 24.3 Å². The minimum absolute atomic E-state index is 0.00944. The van der Waals surface area contributed by atoms with Crippen LogP contribution in [0, 0.1) is 5.92 Å². The van der Waals surface area contributed by atoms with Crippen LogP contribution in [0.5, 0.6) is 0 Å². The van der Waals surface area contributed by atoms with Crippen molar-refractivity contribution in [2.24, 2.45) is 5.92 Å². The third-order valence-corrected chi connectivity index (χ3v) is 5.64. The van der Waals surface area contributed by atoms with E-state index in [1.165, 1.54) is 5.56 Å². The Kier molecular flexibility index (Phi) is 5.53. The quantitative estimate of drug-likeness (QED) is 0.811. The van der Waals surface area contributed by atoms with Crippen LogP contribution in [0.1, 0.15) is 43.1 Å². The molecule has 0 saturated carbocycles. The van der Waals surface area contributed by atoms with Gasteiger partial charge in [0.25, 0.3) is 5.91 Å². The lowest BCUT2D eigenvalue weighted by atomic mass is 9.95. The predicted octanol–water partition coefficient (Wildman–Crippen LogP) is 1.79. The van der Waals surface area contributed by atoms with Crippen molar-refractivity contribution in [2.75, 3.05) is 26.7 Å². The van der Waals surface area contributed by atoms with Gasteiger partial charge in [0.05, 0.1) is 6.54 Å². The first-order valence-electron chi connectivity index (χ1n) is 9.78. The Morgan fingerprint density at radius 2 is 1.78 bits per heavy atom. The summed E-state index contributed by atoms with van der Waals surface area (Å²) in [6, 6.07) is 6.64. The first kappa shape index (κ1) is 19.4. The van der Waals surface area contributed by atoms with E-state index >= 15 is 0 Å². The second kappa shape index (κ2) is 7.71. The summed E-state index contributed by atoms with van der Waals surface area (Å²) >= 11 is 0. The van der Waals surface area contributed by atoms with Crippen LogP contribution in [-0.4, -0.2) is 71.2 Å². The van der Waals surface area contributed by atoms with Gasteiger partial charge in [0.1, 0.15) is 12.1 Å². The molecule has 0 aromatic heterocycles. The topological polar surface area (TPSA) is 60.9 Å². The van der Waals surface area contributed by atoms with Crippen molar-refractivity contribution in [3.05, 3.63) is 35.4 Å². The van der Waals surface area contributed by atoms with Crippen molar-refractivity contribution < 1.29 is 14.4 Å². The van der Waals surface area contributed by atoms with E-state index in [4.69, 9.17) is 0 Å². The van der Waals surface area contributed by atoms with Crippen LogP contribution in [-0.2, 0) is 16.0 Å². The van der Waals surface area contributed by atoms with Crippen molar-refractivity contribution in [1.82, 2.24) is 14.7 Å². The van der Waals surface area contributed by atoms with Crippen LogP contribution in [0.2, 0.25) is 0 Å². The summed E-state index contributed by atoms with van der Waals surface area (Å²) < 4.78 is 0. The normalized spacial score (nSPS) is 23.1. The molecule has 2 aliphatic rings. The Morgan fingerprint density at radius 1 is 1.11 bits per heavy atom. The number of carbonyl (C=O) groups excluding carboxylic acids is 3. The minimum Gasteiger partial charge on any atom is -0.334 e. The number of benzene rings is 1. The zero-order chi connectivity index (χ0) is 19.7. The van der Waals surface area contributed by atoms with Gasteiger partial charge in [0.15, 0.2) is 0 Å². The van der Waals surface area contributed by atoms with Gasteiger partial charge in [-0.05, 0) is 36.5 Å². The van der Waals surface area contributed by atoms with E-state index in [1.54, 1.807) is 21.7 Å². The first-order valence-corrected chi connectivity index (χ1v) is 9.78. The standard InChI is InChI=1S/C21H29N3O3/c1-5-15-6-8-16(9-7-15)19(25)23-10-11-24-18(13-23)20(26)22(4)17(21(24)27)12-14(2)3/h6-9,14,17-18H,5,10-13H2,1-4H3/t17-,18+/m0/s1. The molecule has 0 N–H and O–H groups in total. The van der Waals surface area contributed by atoms with Crippen LogP contribution in [0.25, 0.3) is 0 Å². The smallest absolute Gasteiger partial charge is 0.253 e. The van der Waals surface area contributed by atoms with E-state index in [1.807, 2.05) is 24.3 Å². The zero-order valence-electron chi connectivity index (χ0n) is 16.6. The van der Waals surface area contributed by atoms with Crippen LogP contribution in [0.3, 0.4) is 0 Å². The highest BCUT2D eigenvalue weighted by atomic mass is 16.2. The summed E-state index contributed by atoms with van der Waals surface area (Å²) in [5.41, 5.74) is 1.81. The highest BCUT2D eigenvalue weighted by Crippen LogP contribution is 2.25. The SMILES string of the molecule is CCc1ccc(C(=O)N2CCN3C(=O)[C@H](CC(C)C)N(C)C(=O)[C@H]3C2)cc1. The van der Waals surface area contributed by atoms with Gasteiger partial charge >= 0.3 is 0 Å². The first-order chi connectivity index (χ1) is 12.8. The number of carbonyl (C=O) groups is 3. The third kappa shape index (κ3) is 3.70. The largest absolute Gasteiger partial charge is 0.334 e. The molecule has 1 aromatic rings. The van der Waals surface area contributed by atoms with E-state index in [9.17, 15) is 14.4 Å². The number of likely N-dealkylation sites (N-methyl/N-ethyl adjacent to an activating group) is 1. The lowest BCUT2D eigenvalue weighted by Crippen LogP contribution is -2.69. The number of nitrogens with zero attached hydrogens (tertiary/aromatic N) is 3. The fourth-order valence-corrected chi connectivity index (χ4v) is 3.96. The summed E-state index contributed by atoms with van der Waals surface area (Å²) in [7, 11) is 1.70. The molecule has 3 rings (SSSR count). The van der Waals surface area contributed by atoms with Crippen LogP contribution in [0.4, 0.5) is 0 Å². The van der Waals surface area contributed by atoms with Gasteiger partial charge in [-0.1, -0.05) is 32.9 Å². The number of aryl methyl sites for hydroxylation is 1. The summed E-state index contributed by atoms with van der Waals surface area (Å²) in [5.74, 6) is 0.193. The average molecular weight is 371 g/mol. The van der Waals surface area contributed by atoms with E-state index in [0.717, 1.165) is 6.42 Å². The monoisotopic (exact) mass is 371 g/mol. The number of rotatable bonds is 4. The molecule has 2 saturated heterocycles. The Labute approximate surface area is 161 Å². The lowest BCUT2D eigenvalue weighted by molar-refractivity contribution is -0.163. The number of amides is 3. The van der Waals surface area contributed by atoms with Gasteiger partial charge in [-0.25, -0.2) is 0 Å². The van der Waals surface area contributed by atoms with E-state index in [0.29, 0.717) is 31.0 Å². The van der Waals surface area contributed by atoms with Crippen molar-refractivity contribution in [3.8, 4) is 0 Å². The summed E-state index contributed by atoms with van der Waals surface area (Å²) in [4.78, 5) is 43.6. The van der Waals surface area contributed by atoms with Crippen molar-refractivity contribution in [3.63, 3.8) is 0 Å². The van der Waals surface area contributed by atoms with Gasteiger partial charge in [-0.3, -0.25) is 14.4 Å². The average Bonchev–Trinajstić information content (AvgIpc) is 2.68. The van der Waals surface area contributed by atoms with Crippen LogP contribution < -0.4 is 0 Å². The highest BCUT2D eigenvalue weighted by molar-refractivity contribution is 5.99. The molecule has 3 amide bonds. The molecule has 0 spiro atoms. The Hall–Kier alpha value is -2.37. The maximum atomic E-state index is 12.9. The fraction of sp³-hybridized carbons (Fsp3) is 0.571. The summed E-state index contributed by atoms with van der Waals surface area (Å²) in [6.45, 7) is 7.32. The number of fused-ring (bicyclic) bond motifs is 1. The molecular formula is C21H29N3O3. The van der Waals surface area contributed by atoms with Gasteiger partial charge in [-0.15, -0.1) is 0 Å². The molecule has 2 atom stereocenters. The number of hydrogen-bond donors (Lipinski definition) is 0. The second-order valence-corrected chi connectivity index (χ2v) is 7.94. The lowest BCUT2D eigenvalue weighted by Gasteiger charge is -2.48.